The molecule has 0 radical (unpaired) electrons. The molecule has 0 aliphatic rings. The maximum Gasteiger partial charge on any atom is 0.257 e. The minimum Gasteiger partial charge on any atom is -0.490 e. The minimum atomic E-state index is -0.273. The first kappa shape index (κ1) is 19.4. The van der Waals surface area contributed by atoms with Gasteiger partial charge in [-0.1, -0.05) is 12.2 Å². The lowest BCUT2D eigenvalue weighted by molar-refractivity contribution is 0.0974. The topological polar surface area (TPSA) is 41.6 Å². The molecule has 1 amide bonds. The lowest BCUT2D eigenvalue weighted by atomic mass is 10.2. The molecule has 124 valence electrons. The number of nitrogens with zero attached hydrogens (tertiary/aromatic N) is 1. The number of carbonyl (C=O) groups excluding carboxylic acids is 1. The lowest BCUT2D eigenvalue weighted by Gasteiger charge is -2.22. The Balaban J connectivity index is 2.81. The van der Waals surface area contributed by atoms with E-state index in [9.17, 15) is 4.79 Å². The van der Waals surface area contributed by atoms with Gasteiger partial charge in [0, 0.05) is 18.7 Å². The Hall–Kier alpha value is -1.66. The molecular weight excluding hydrogens is 376 g/mol. The van der Waals surface area contributed by atoms with E-state index in [0.717, 1.165) is 4.47 Å². The Morgan fingerprint density at radius 1 is 1.39 bits per heavy atom. The summed E-state index contributed by atoms with van der Waals surface area (Å²) in [7, 11) is 0. The molecule has 6 heteroatoms. The number of hydrogen-bond donors (Lipinski definition) is 1. The van der Waals surface area contributed by atoms with Crippen LogP contribution >= 0.6 is 28.1 Å². The predicted octanol–water partition coefficient (Wildman–Crippen LogP) is 3.93. The standard InChI is InChI=1S/C17H21BrN2O2S/c1-5-9-20(10-6-2)17(23)19-16(21)13-7-8-15(14(18)11-13)22-12(3)4/h5-8,11-12H,1-2,9-10H2,3-4H3,(H,19,21,23). The molecule has 0 spiro atoms. The van der Waals surface area contributed by atoms with Crippen LogP contribution in [0.4, 0.5) is 0 Å². The number of carbonyl (C=O) groups is 1. The predicted molar refractivity (Wildman–Crippen MR) is 102 cm³/mol. The van der Waals surface area contributed by atoms with Gasteiger partial charge in [-0.05, 0) is 60.2 Å². The van der Waals surface area contributed by atoms with Crippen molar-refractivity contribution in [1.29, 1.82) is 0 Å². The largest absolute Gasteiger partial charge is 0.490 e. The first-order valence-electron chi connectivity index (χ1n) is 7.17. The van der Waals surface area contributed by atoms with Gasteiger partial charge < -0.3 is 9.64 Å². The van der Waals surface area contributed by atoms with Crippen LogP contribution in [0.3, 0.4) is 0 Å². The average Bonchev–Trinajstić information content (AvgIpc) is 2.48. The summed E-state index contributed by atoms with van der Waals surface area (Å²) in [6, 6.07) is 5.17. The van der Waals surface area contributed by atoms with E-state index in [-0.39, 0.29) is 12.0 Å². The third-order valence-electron chi connectivity index (χ3n) is 2.76. The van der Waals surface area contributed by atoms with E-state index in [1.807, 2.05) is 13.8 Å². The van der Waals surface area contributed by atoms with Crippen molar-refractivity contribution in [2.45, 2.75) is 20.0 Å². The summed E-state index contributed by atoms with van der Waals surface area (Å²) in [5.41, 5.74) is 0.493. The van der Waals surface area contributed by atoms with Gasteiger partial charge >= 0.3 is 0 Å². The molecule has 4 nitrogen and oxygen atoms in total. The second-order valence-electron chi connectivity index (χ2n) is 5.05. The number of thiocarbonyl (C=S) groups is 1. The summed E-state index contributed by atoms with van der Waals surface area (Å²) >= 11 is 8.67. The molecule has 23 heavy (non-hydrogen) atoms. The zero-order valence-electron chi connectivity index (χ0n) is 13.3. The SMILES string of the molecule is C=CCN(CC=C)C(=S)NC(=O)c1ccc(OC(C)C)c(Br)c1. The van der Waals surface area contributed by atoms with Crippen LogP contribution in [0.5, 0.6) is 5.75 Å². The van der Waals surface area contributed by atoms with Gasteiger partial charge in [-0.15, -0.1) is 13.2 Å². The average molecular weight is 397 g/mol. The molecule has 0 saturated heterocycles. The fourth-order valence-electron chi connectivity index (χ4n) is 1.79. The Bertz CT molecular complexity index is 592. The smallest absolute Gasteiger partial charge is 0.257 e. The second-order valence-corrected chi connectivity index (χ2v) is 6.29. The van der Waals surface area contributed by atoms with E-state index in [2.05, 4.69) is 34.4 Å². The number of benzene rings is 1. The molecule has 1 N–H and O–H groups in total. The third-order valence-corrected chi connectivity index (χ3v) is 3.74. The van der Waals surface area contributed by atoms with Crippen molar-refractivity contribution in [3.8, 4) is 5.75 Å². The summed E-state index contributed by atoms with van der Waals surface area (Å²) in [6.07, 6.45) is 3.50. The lowest BCUT2D eigenvalue weighted by Crippen LogP contribution is -2.42. The normalized spacial score (nSPS) is 10.1. The molecule has 1 rings (SSSR count). The number of amides is 1. The highest BCUT2D eigenvalue weighted by Crippen LogP contribution is 2.26. The van der Waals surface area contributed by atoms with Crippen molar-refractivity contribution in [2.24, 2.45) is 0 Å². The molecule has 0 heterocycles. The number of halogens is 1. The molecular formula is C17H21BrN2O2S. The van der Waals surface area contributed by atoms with Crippen molar-refractivity contribution < 1.29 is 9.53 Å². The van der Waals surface area contributed by atoms with Crippen LogP contribution in [-0.4, -0.2) is 35.1 Å². The van der Waals surface area contributed by atoms with Gasteiger partial charge in [-0.2, -0.15) is 0 Å². The van der Waals surface area contributed by atoms with Crippen molar-refractivity contribution in [3.05, 3.63) is 53.5 Å². The summed E-state index contributed by atoms with van der Waals surface area (Å²) in [5.74, 6) is 0.420. The van der Waals surface area contributed by atoms with Crippen LogP contribution in [0, 0.1) is 0 Å². The Morgan fingerprint density at radius 3 is 2.48 bits per heavy atom. The summed E-state index contributed by atoms with van der Waals surface area (Å²) in [4.78, 5) is 14.1. The van der Waals surface area contributed by atoms with Crippen molar-refractivity contribution in [1.82, 2.24) is 10.2 Å². The molecule has 0 aliphatic heterocycles. The van der Waals surface area contributed by atoms with Crippen molar-refractivity contribution in [3.63, 3.8) is 0 Å². The Labute approximate surface area is 151 Å². The second kappa shape index (κ2) is 9.47. The van der Waals surface area contributed by atoms with E-state index < -0.39 is 0 Å². The molecule has 0 atom stereocenters. The van der Waals surface area contributed by atoms with E-state index in [1.54, 1.807) is 35.3 Å². The maximum atomic E-state index is 12.3. The van der Waals surface area contributed by atoms with Crippen molar-refractivity contribution >= 4 is 39.2 Å². The van der Waals surface area contributed by atoms with Gasteiger partial charge in [0.05, 0.1) is 10.6 Å². The van der Waals surface area contributed by atoms with E-state index in [1.165, 1.54) is 0 Å². The van der Waals surface area contributed by atoms with Gasteiger partial charge in [0.2, 0.25) is 0 Å². The van der Waals surface area contributed by atoms with Gasteiger partial charge in [-0.3, -0.25) is 10.1 Å². The van der Waals surface area contributed by atoms with Gasteiger partial charge in [-0.25, -0.2) is 0 Å². The molecule has 0 unspecified atom stereocenters. The maximum absolute atomic E-state index is 12.3. The molecule has 0 fully saturated rings. The van der Waals surface area contributed by atoms with Crippen LogP contribution < -0.4 is 10.1 Å². The van der Waals surface area contributed by atoms with Crippen LogP contribution in [-0.2, 0) is 0 Å². The highest BCUT2D eigenvalue weighted by atomic mass is 79.9. The van der Waals surface area contributed by atoms with E-state index >= 15 is 0 Å². The molecule has 1 aromatic carbocycles. The highest BCUT2D eigenvalue weighted by molar-refractivity contribution is 9.10. The number of hydrogen-bond acceptors (Lipinski definition) is 3. The zero-order chi connectivity index (χ0) is 17.4. The third kappa shape index (κ3) is 6.15. The van der Waals surface area contributed by atoms with Crippen LogP contribution in [0.15, 0.2) is 48.0 Å². The quantitative estimate of drug-likeness (QED) is 0.559. The van der Waals surface area contributed by atoms with Crippen LogP contribution in [0.1, 0.15) is 24.2 Å². The van der Waals surface area contributed by atoms with Crippen LogP contribution in [0.2, 0.25) is 0 Å². The first-order valence-corrected chi connectivity index (χ1v) is 8.37. The Kier molecular flexibility index (Phi) is 7.98. The Morgan fingerprint density at radius 2 is 2.00 bits per heavy atom. The first-order chi connectivity index (χ1) is 10.9. The number of ether oxygens (including phenoxy) is 1. The highest BCUT2D eigenvalue weighted by Gasteiger charge is 2.14. The van der Waals surface area contributed by atoms with E-state index in [0.29, 0.717) is 29.5 Å². The number of rotatable bonds is 7. The molecule has 1 aromatic rings. The van der Waals surface area contributed by atoms with Gasteiger partial charge in [0.25, 0.3) is 5.91 Å². The van der Waals surface area contributed by atoms with E-state index in [4.69, 9.17) is 17.0 Å². The molecule has 0 aromatic heterocycles. The fourth-order valence-corrected chi connectivity index (χ4v) is 2.51. The summed E-state index contributed by atoms with van der Waals surface area (Å²) in [6.45, 7) is 12.3. The summed E-state index contributed by atoms with van der Waals surface area (Å²) in [5, 5.41) is 3.06. The van der Waals surface area contributed by atoms with Crippen LogP contribution in [0.25, 0.3) is 0 Å². The fraction of sp³-hybridized carbons (Fsp3) is 0.294. The summed E-state index contributed by atoms with van der Waals surface area (Å²) < 4.78 is 6.35. The minimum absolute atomic E-state index is 0.0601. The molecule has 0 bridgehead atoms. The number of nitrogens with one attached hydrogen (secondary N) is 1. The van der Waals surface area contributed by atoms with Gasteiger partial charge in [0.1, 0.15) is 5.75 Å². The van der Waals surface area contributed by atoms with Gasteiger partial charge in [0.15, 0.2) is 5.11 Å². The zero-order valence-corrected chi connectivity index (χ0v) is 15.7. The van der Waals surface area contributed by atoms with Crippen molar-refractivity contribution in [2.75, 3.05) is 13.1 Å². The molecule has 0 saturated carbocycles. The monoisotopic (exact) mass is 396 g/mol. The molecule has 0 aliphatic carbocycles.